The molecule has 2 aromatic carbocycles. The summed E-state index contributed by atoms with van der Waals surface area (Å²) in [6.45, 7) is 2.93. The molecule has 0 bridgehead atoms. The minimum absolute atomic E-state index is 0.0629. The lowest BCUT2D eigenvalue weighted by Crippen LogP contribution is -2.43. The fourth-order valence-electron chi connectivity index (χ4n) is 3.47. The molecular formula is C22H26N4O4. The van der Waals surface area contributed by atoms with Gasteiger partial charge in [-0.2, -0.15) is 0 Å². The molecule has 1 heterocycles. The van der Waals surface area contributed by atoms with E-state index in [1.807, 2.05) is 11.8 Å². The van der Waals surface area contributed by atoms with Crippen LogP contribution in [0, 0.1) is 0 Å². The van der Waals surface area contributed by atoms with E-state index in [1.54, 1.807) is 54.6 Å². The average Bonchev–Trinajstić information content (AvgIpc) is 2.71. The van der Waals surface area contributed by atoms with Gasteiger partial charge in [0.1, 0.15) is 17.7 Å². The average molecular weight is 410 g/mol. The van der Waals surface area contributed by atoms with Gasteiger partial charge in [-0.1, -0.05) is 24.3 Å². The van der Waals surface area contributed by atoms with Crippen LogP contribution in [0.2, 0.25) is 0 Å². The molecule has 1 fully saturated rings. The molecule has 0 amide bonds. The van der Waals surface area contributed by atoms with Crippen molar-refractivity contribution in [2.45, 2.75) is 19.1 Å². The number of carboxylic acids is 1. The maximum absolute atomic E-state index is 11.1. The molecule has 2 atom stereocenters. The molecule has 0 spiro atoms. The molecule has 8 N–H and O–H groups in total. The Balaban J connectivity index is 1.88. The van der Waals surface area contributed by atoms with Gasteiger partial charge in [-0.3, -0.25) is 0 Å². The number of ether oxygens (including phenoxy) is 1. The number of carbonyl (C=O) groups is 1. The van der Waals surface area contributed by atoms with Crippen molar-refractivity contribution >= 4 is 11.7 Å². The smallest absolute Gasteiger partial charge is 0.335 e. The molecule has 158 valence electrons. The van der Waals surface area contributed by atoms with Crippen LogP contribution in [0.4, 0.5) is 0 Å². The number of nitrogens with zero attached hydrogens (tertiary/aromatic N) is 1. The van der Waals surface area contributed by atoms with E-state index in [9.17, 15) is 9.90 Å². The number of morpholine rings is 1. The van der Waals surface area contributed by atoms with Crippen LogP contribution >= 0.6 is 0 Å². The molecule has 2 aromatic rings. The molecule has 1 aliphatic rings. The molecule has 8 nitrogen and oxygen atoms in total. The standard InChI is InChI=1S/C22H26N4O4/c1-13-11-26(12-20(30-13)14-6-8-15(9-7-14)22(28)29)18(21(24)25)10-17(23)16-4-2-3-5-19(16)27/h2-10,13,20,27H,11-12,23-25H2,1H3,(H,28,29)/b17-10-. The zero-order valence-electron chi connectivity index (χ0n) is 16.7. The number of phenols is 1. The van der Waals surface area contributed by atoms with Gasteiger partial charge in [0, 0.05) is 24.4 Å². The first-order chi connectivity index (χ1) is 14.3. The number of hydrogen-bond acceptors (Lipinski definition) is 7. The monoisotopic (exact) mass is 410 g/mol. The van der Waals surface area contributed by atoms with Crippen molar-refractivity contribution in [2.75, 3.05) is 13.1 Å². The van der Waals surface area contributed by atoms with E-state index in [-0.39, 0.29) is 29.3 Å². The lowest BCUT2D eigenvalue weighted by Gasteiger charge is -2.39. The first-order valence-electron chi connectivity index (χ1n) is 9.50. The summed E-state index contributed by atoms with van der Waals surface area (Å²) < 4.78 is 6.06. The second kappa shape index (κ2) is 8.79. The molecule has 0 aliphatic carbocycles. The maximum Gasteiger partial charge on any atom is 0.335 e. The predicted molar refractivity (Wildman–Crippen MR) is 114 cm³/mol. The third kappa shape index (κ3) is 4.66. The second-order valence-electron chi connectivity index (χ2n) is 7.22. The molecule has 0 saturated carbocycles. The zero-order chi connectivity index (χ0) is 21.8. The Morgan fingerprint density at radius 1 is 1.10 bits per heavy atom. The Labute approximate surface area is 174 Å². The summed E-state index contributed by atoms with van der Waals surface area (Å²) in [4.78, 5) is 13.1. The number of aromatic carboxylic acids is 1. The molecule has 2 unspecified atom stereocenters. The number of carboxylic acid groups (broad SMARTS) is 1. The van der Waals surface area contributed by atoms with Crippen molar-refractivity contribution in [1.82, 2.24) is 4.90 Å². The number of benzene rings is 2. The molecule has 0 aromatic heterocycles. The number of rotatable bonds is 5. The van der Waals surface area contributed by atoms with Crippen LogP contribution in [-0.4, -0.2) is 40.3 Å². The van der Waals surface area contributed by atoms with Crippen molar-refractivity contribution < 1.29 is 19.7 Å². The highest BCUT2D eigenvalue weighted by molar-refractivity contribution is 5.87. The first-order valence-corrected chi connectivity index (χ1v) is 9.50. The van der Waals surface area contributed by atoms with Crippen LogP contribution < -0.4 is 17.2 Å². The van der Waals surface area contributed by atoms with Crippen LogP contribution in [0.25, 0.3) is 5.70 Å². The Morgan fingerprint density at radius 3 is 2.37 bits per heavy atom. The zero-order valence-corrected chi connectivity index (χ0v) is 16.7. The van der Waals surface area contributed by atoms with Crippen LogP contribution in [-0.2, 0) is 4.74 Å². The summed E-state index contributed by atoms with van der Waals surface area (Å²) in [5.74, 6) is -0.817. The number of allylic oxidation sites excluding steroid dienone is 1. The van der Waals surface area contributed by atoms with E-state index in [2.05, 4.69) is 0 Å². The molecule has 30 heavy (non-hydrogen) atoms. The van der Waals surface area contributed by atoms with E-state index < -0.39 is 5.97 Å². The van der Waals surface area contributed by atoms with Gasteiger partial charge >= 0.3 is 5.97 Å². The first kappa shape index (κ1) is 21.1. The highest BCUT2D eigenvalue weighted by atomic mass is 16.5. The molecule has 1 aliphatic heterocycles. The number of nitrogens with two attached hydrogens (primary N) is 3. The van der Waals surface area contributed by atoms with Gasteiger partial charge in [-0.05, 0) is 42.8 Å². The van der Waals surface area contributed by atoms with Crippen LogP contribution in [0.1, 0.15) is 34.5 Å². The third-order valence-corrected chi connectivity index (χ3v) is 4.93. The van der Waals surface area contributed by atoms with Crippen LogP contribution in [0.5, 0.6) is 5.75 Å². The second-order valence-corrected chi connectivity index (χ2v) is 7.22. The molecule has 3 rings (SSSR count). The number of phenolic OH excluding ortho intramolecular Hbond substituents is 1. The lowest BCUT2D eigenvalue weighted by atomic mass is 10.0. The summed E-state index contributed by atoms with van der Waals surface area (Å²) >= 11 is 0. The molecule has 1 saturated heterocycles. The fraction of sp³-hybridized carbons (Fsp3) is 0.227. The minimum atomic E-state index is -0.980. The van der Waals surface area contributed by atoms with Crippen molar-refractivity contribution in [3.05, 3.63) is 82.8 Å². The lowest BCUT2D eigenvalue weighted by molar-refractivity contribution is -0.0683. The van der Waals surface area contributed by atoms with Crippen molar-refractivity contribution in [3.8, 4) is 5.75 Å². The highest BCUT2D eigenvalue weighted by Gasteiger charge is 2.28. The topological polar surface area (TPSA) is 148 Å². The van der Waals surface area contributed by atoms with Gasteiger partial charge in [0.2, 0.25) is 0 Å². The van der Waals surface area contributed by atoms with E-state index in [0.29, 0.717) is 30.0 Å². The molecule has 8 heteroatoms. The summed E-state index contributed by atoms with van der Waals surface area (Å²) in [6, 6.07) is 13.3. The number of hydrogen-bond donors (Lipinski definition) is 5. The Hall–Kier alpha value is -3.65. The predicted octanol–water partition coefficient (Wildman–Crippen LogP) is 1.94. The van der Waals surface area contributed by atoms with Crippen molar-refractivity contribution in [3.63, 3.8) is 0 Å². The van der Waals surface area contributed by atoms with E-state index >= 15 is 0 Å². The van der Waals surface area contributed by atoms with Gasteiger partial charge in [-0.25, -0.2) is 4.79 Å². The summed E-state index contributed by atoms with van der Waals surface area (Å²) in [5, 5.41) is 19.2. The van der Waals surface area contributed by atoms with Gasteiger partial charge in [0.05, 0.1) is 17.4 Å². The van der Waals surface area contributed by atoms with Crippen molar-refractivity contribution in [1.29, 1.82) is 0 Å². The Kier molecular flexibility index (Phi) is 6.17. The Morgan fingerprint density at radius 2 is 1.77 bits per heavy atom. The summed E-state index contributed by atoms with van der Waals surface area (Å²) in [6.07, 6.45) is 1.22. The van der Waals surface area contributed by atoms with Crippen molar-refractivity contribution in [2.24, 2.45) is 17.2 Å². The Bertz CT molecular complexity index is 981. The van der Waals surface area contributed by atoms with Crippen LogP contribution in [0.15, 0.2) is 66.1 Å². The molecule has 0 radical (unpaired) electrons. The molecular weight excluding hydrogens is 384 g/mol. The van der Waals surface area contributed by atoms with Gasteiger partial charge in [0.25, 0.3) is 0 Å². The van der Waals surface area contributed by atoms with E-state index in [0.717, 1.165) is 5.56 Å². The largest absolute Gasteiger partial charge is 0.507 e. The maximum atomic E-state index is 11.1. The fourth-order valence-corrected chi connectivity index (χ4v) is 3.47. The summed E-state index contributed by atoms with van der Waals surface area (Å²) in [7, 11) is 0. The minimum Gasteiger partial charge on any atom is -0.507 e. The SMILES string of the molecule is CC1CN(C(/C=C(\N)c2ccccc2O)=C(N)N)CC(c2ccc(C(=O)O)cc2)O1. The van der Waals surface area contributed by atoms with Gasteiger partial charge < -0.3 is 37.1 Å². The van der Waals surface area contributed by atoms with Crippen LogP contribution in [0.3, 0.4) is 0 Å². The quantitative estimate of drug-likeness (QED) is 0.470. The normalized spacial score (nSPS) is 19.4. The summed E-state index contributed by atoms with van der Waals surface area (Å²) in [5.41, 5.74) is 20.6. The van der Waals surface area contributed by atoms with Gasteiger partial charge in [0.15, 0.2) is 0 Å². The highest BCUT2D eigenvalue weighted by Crippen LogP contribution is 2.29. The third-order valence-electron chi connectivity index (χ3n) is 4.93. The van der Waals surface area contributed by atoms with E-state index in [1.165, 1.54) is 0 Å². The van der Waals surface area contributed by atoms with E-state index in [4.69, 9.17) is 27.0 Å². The number of para-hydroxylation sites is 1. The van der Waals surface area contributed by atoms with Gasteiger partial charge in [-0.15, -0.1) is 0 Å². The number of aromatic hydroxyl groups is 1.